The highest BCUT2D eigenvalue weighted by atomic mass is 32.2. The van der Waals surface area contributed by atoms with E-state index in [-0.39, 0.29) is 5.56 Å². The molecule has 1 aromatic heterocycles. The first-order valence-corrected chi connectivity index (χ1v) is 8.11. The number of amides is 1. The third-order valence-electron chi connectivity index (χ3n) is 3.26. The normalized spacial score (nSPS) is 13.0. The fourth-order valence-corrected chi connectivity index (χ4v) is 3.06. The summed E-state index contributed by atoms with van der Waals surface area (Å²) >= 11 is 0.955. The molecule has 0 fully saturated rings. The Hall–Kier alpha value is -2.03. The van der Waals surface area contributed by atoms with E-state index >= 15 is 0 Å². The molecule has 0 spiro atoms. The first-order chi connectivity index (χ1) is 11.2. The zero-order valence-electron chi connectivity index (χ0n) is 13.1. The van der Waals surface area contributed by atoms with E-state index in [1.807, 2.05) is 5.32 Å². The average Bonchev–Trinajstić information content (AvgIpc) is 2.52. The van der Waals surface area contributed by atoms with Gasteiger partial charge >= 0.3 is 6.18 Å². The zero-order chi connectivity index (χ0) is 17.9. The summed E-state index contributed by atoms with van der Waals surface area (Å²) in [6.45, 7) is 2.19. The molecule has 0 saturated heterocycles. The molecule has 1 unspecified atom stereocenters. The molecule has 9 heteroatoms. The number of hydrogen-bond donors (Lipinski definition) is 1. The van der Waals surface area contributed by atoms with Crippen molar-refractivity contribution in [3.05, 3.63) is 34.6 Å². The van der Waals surface area contributed by atoms with E-state index in [4.69, 9.17) is 0 Å². The van der Waals surface area contributed by atoms with Crippen LogP contribution in [0.1, 0.15) is 13.8 Å². The summed E-state index contributed by atoms with van der Waals surface area (Å²) in [4.78, 5) is 28.6. The van der Waals surface area contributed by atoms with Gasteiger partial charge in [0.15, 0.2) is 5.16 Å². The van der Waals surface area contributed by atoms with Crippen LogP contribution in [0.2, 0.25) is 0 Å². The van der Waals surface area contributed by atoms with Crippen LogP contribution in [0.5, 0.6) is 0 Å². The van der Waals surface area contributed by atoms with Crippen LogP contribution in [0.15, 0.2) is 34.2 Å². The van der Waals surface area contributed by atoms with Crippen molar-refractivity contribution in [2.45, 2.75) is 37.0 Å². The number of fused-ring (bicyclic) bond motifs is 1. The lowest BCUT2D eigenvalue weighted by atomic mass is 10.2. The van der Waals surface area contributed by atoms with Crippen LogP contribution in [-0.2, 0) is 11.3 Å². The van der Waals surface area contributed by atoms with Crippen LogP contribution in [0.4, 0.5) is 13.2 Å². The number of hydrogen-bond acceptors (Lipinski definition) is 4. The number of nitrogens with one attached hydrogen (secondary N) is 1. The first kappa shape index (κ1) is 18.3. The predicted molar refractivity (Wildman–Crippen MR) is 86.1 cm³/mol. The van der Waals surface area contributed by atoms with E-state index in [2.05, 4.69) is 4.98 Å². The Labute approximate surface area is 140 Å². The highest BCUT2D eigenvalue weighted by Crippen LogP contribution is 2.23. The summed E-state index contributed by atoms with van der Waals surface area (Å²) in [7, 11) is 0. The molecule has 0 aliphatic carbocycles. The molecule has 2 aromatic rings. The maximum atomic E-state index is 12.4. The van der Waals surface area contributed by atoms with E-state index in [0.717, 1.165) is 11.8 Å². The second-order valence-corrected chi connectivity index (χ2v) is 6.36. The van der Waals surface area contributed by atoms with Crippen molar-refractivity contribution < 1.29 is 18.0 Å². The predicted octanol–water partition coefficient (Wildman–Crippen LogP) is 2.58. The Balaban J connectivity index is 2.25. The van der Waals surface area contributed by atoms with Crippen LogP contribution < -0.4 is 10.9 Å². The van der Waals surface area contributed by atoms with E-state index in [9.17, 15) is 22.8 Å². The highest BCUT2D eigenvalue weighted by molar-refractivity contribution is 8.00. The van der Waals surface area contributed by atoms with Crippen LogP contribution in [0.25, 0.3) is 10.9 Å². The number of benzene rings is 1. The van der Waals surface area contributed by atoms with Gasteiger partial charge in [-0.15, -0.1) is 0 Å². The number of halogens is 3. The number of carbonyl (C=O) groups is 1. The van der Waals surface area contributed by atoms with Gasteiger partial charge in [-0.05, 0) is 26.0 Å². The fraction of sp³-hybridized carbons (Fsp3) is 0.400. The fourth-order valence-electron chi connectivity index (χ4n) is 2.06. The molecule has 1 N–H and O–H groups in total. The minimum atomic E-state index is -4.47. The Kier molecular flexibility index (Phi) is 5.53. The lowest BCUT2D eigenvalue weighted by molar-refractivity contribution is -0.137. The maximum Gasteiger partial charge on any atom is 0.405 e. The van der Waals surface area contributed by atoms with Gasteiger partial charge in [0.25, 0.3) is 5.56 Å². The van der Waals surface area contributed by atoms with E-state index < -0.39 is 23.9 Å². The quantitative estimate of drug-likeness (QED) is 0.658. The largest absolute Gasteiger partial charge is 0.405 e. The molecule has 24 heavy (non-hydrogen) atoms. The third-order valence-corrected chi connectivity index (χ3v) is 4.35. The van der Waals surface area contributed by atoms with E-state index in [1.54, 1.807) is 31.2 Å². The lowest BCUT2D eigenvalue weighted by Gasteiger charge is -2.16. The summed E-state index contributed by atoms with van der Waals surface area (Å²) in [5.74, 6) is -0.762. The number of nitrogens with zero attached hydrogens (tertiary/aromatic N) is 2. The molecule has 0 radical (unpaired) electrons. The number of aromatic nitrogens is 2. The average molecular weight is 359 g/mol. The smallest absolute Gasteiger partial charge is 0.346 e. The molecule has 2 rings (SSSR count). The minimum Gasteiger partial charge on any atom is -0.346 e. The van der Waals surface area contributed by atoms with Crippen LogP contribution in [-0.4, -0.2) is 33.4 Å². The Morgan fingerprint density at radius 2 is 2.04 bits per heavy atom. The summed E-state index contributed by atoms with van der Waals surface area (Å²) in [6, 6.07) is 6.80. The summed E-state index contributed by atoms with van der Waals surface area (Å²) in [6.07, 6.45) is -4.47. The highest BCUT2D eigenvalue weighted by Gasteiger charge is 2.29. The van der Waals surface area contributed by atoms with Crippen molar-refractivity contribution in [1.29, 1.82) is 0 Å². The summed E-state index contributed by atoms with van der Waals surface area (Å²) in [5, 5.41) is 1.77. The molecule has 0 aliphatic rings. The lowest BCUT2D eigenvalue weighted by Crippen LogP contribution is -2.38. The van der Waals surface area contributed by atoms with Gasteiger partial charge in [0.2, 0.25) is 5.91 Å². The monoisotopic (exact) mass is 359 g/mol. The Bertz CT molecular complexity index is 805. The molecule has 1 heterocycles. The van der Waals surface area contributed by atoms with Crippen LogP contribution >= 0.6 is 11.8 Å². The summed E-state index contributed by atoms with van der Waals surface area (Å²) in [5.41, 5.74) is 0.242. The van der Waals surface area contributed by atoms with Gasteiger partial charge in [-0.3, -0.25) is 14.2 Å². The molecule has 0 aliphatic heterocycles. The van der Waals surface area contributed by atoms with Gasteiger partial charge < -0.3 is 5.32 Å². The summed E-state index contributed by atoms with van der Waals surface area (Å²) < 4.78 is 37.9. The van der Waals surface area contributed by atoms with Crippen LogP contribution in [0.3, 0.4) is 0 Å². The molecular formula is C15H16F3N3O2S. The standard InChI is InChI=1S/C15H16F3N3O2S/c1-3-21-13(23)10-6-4-5-7-11(10)20-14(21)24-9(2)12(22)19-8-15(16,17)18/h4-7,9H,3,8H2,1-2H3,(H,19,22). The van der Waals surface area contributed by atoms with Crippen molar-refractivity contribution in [3.8, 4) is 0 Å². The van der Waals surface area contributed by atoms with E-state index in [0.29, 0.717) is 22.6 Å². The second-order valence-electron chi connectivity index (χ2n) is 5.05. The number of rotatable bonds is 5. The second kappa shape index (κ2) is 7.25. The number of carbonyl (C=O) groups excluding carboxylic acids is 1. The van der Waals surface area contributed by atoms with Crippen molar-refractivity contribution >= 4 is 28.6 Å². The van der Waals surface area contributed by atoms with Gasteiger partial charge in [0.1, 0.15) is 6.54 Å². The van der Waals surface area contributed by atoms with Crippen LogP contribution in [0, 0.1) is 0 Å². The third kappa shape index (κ3) is 4.28. The molecular weight excluding hydrogens is 343 g/mol. The number of thioether (sulfide) groups is 1. The van der Waals surface area contributed by atoms with Crippen molar-refractivity contribution in [3.63, 3.8) is 0 Å². The van der Waals surface area contributed by atoms with Crippen molar-refractivity contribution in [2.75, 3.05) is 6.54 Å². The molecule has 1 amide bonds. The van der Waals surface area contributed by atoms with Gasteiger partial charge in [0, 0.05) is 6.54 Å². The van der Waals surface area contributed by atoms with Gasteiger partial charge in [0.05, 0.1) is 16.2 Å². The SMILES string of the molecule is CCn1c(SC(C)C(=O)NCC(F)(F)F)nc2ccccc2c1=O. The molecule has 5 nitrogen and oxygen atoms in total. The molecule has 0 saturated carbocycles. The zero-order valence-corrected chi connectivity index (χ0v) is 13.9. The topological polar surface area (TPSA) is 64.0 Å². The number of para-hydroxylation sites is 1. The van der Waals surface area contributed by atoms with E-state index in [1.165, 1.54) is 11.5 Å². The van der Waals surface area contributed by atoms with Crippen molar-refractivity contribution in [2.24, 2.45) is 0 Å². The van der Waals surface area contributed by atoms with Gasteiger partial charge in [-0.1, -0.05) is 23.9 Å². The Morgan fingerprint density at radius 1 is 1.38 bits per heavy atom. The van der Waals surface area contributed by atoms with Gasteiger partial charge in [-0.2, -0.15) is 13.2 Å². The number of alkyl halides is 3. The minimum absolute atomic E-state index is 0.242. The molecule has 1 aromatic carbocycles. The first-order valence-electron chi connectivity index (χ1n) is 7.23. The maximum absolute atomic E-state index is 12.4. The van der Waals surface area contributed by atoms with Crippen molar-refractivity contribution in [1.82, 2.24) is 14.9 Å². The van der Waals surface area contributed by atoms with Gasteiger partial charge in [-0.25, -0.2) is 4.98 Å². The molecule has 1 atom stereocenters. The molecule has 130 valence electrons. The molecule has 0 bridgehead atoms. The Morgan fingerprint density at radius 3 is 2.67 bits per heavy atom.